The zero-order valence-electron chi connectivity index (χ0n) is 9.61. The number of pyridine rings is 1. The van der Waals surface area contributed by atoms with Crippen molar-refractivity contribution < 1.29 is 15.3 Å². The Hall–Kier alpha value is -1.01. The molecule has 0 saturated carbocycles. The van der Waals surface area contributed by atoms with E-state index < -0.39 is 18.3 Å². The van der Waals surface area contributed by atoms with Crippen LogP contribution in [-0.4, -0.2) is 63.1 Å². The van der Waals surface area contributed by atoms with Crippen LogP contribution >= 0.6 is 0 Å². The highest BCUT2D eigenvalue weighted by molar-refractivity contribution is 5.04. The number of piperidine rings is 1. The molecule has 0 aromatic carbocycles. The zero-order valence-corrected chi connectivity index (χ0v) is 9.61. The van der Waals surface area contributed by atoms with Gasteiger partial charge in [-0.15, -0.1) is 0 Å². The van der Waals surface area contributed by atoms with E-state index in [-0.39, 0.29) is 0 Å². The Balaban J connectivity index is 1.84. The van der Waals surface area contributed by atoms with Crippen LogP contribution in [0, 0.1) is 0 Å². The van der Waals surface area contributed by atoms with Crippen LogP contribution < -0.4 is 0 Å². The summed E-state index contributed by atoms with van der Waals surface area (Å²) in [6.07, 6.45) is -0.249. The maximum absolute atomic E-state index is 9.55. The van der Waals surface area contributed by atoms with Crippen molar-refractivity contribution in [1.29, 1.82) is 0 Å². The van der Waals surface area contributed by atoms with Gasteiger partial charge in [-0.3, -0.25) is 9.88 Å². The van der Waals surface area contributed by atoms with Crippen molar-refractivity contribution in [3.63, 3.8) is 0 Å². The van der Waals surface area contributed by atoms with E-state index in [2.05, 4.69) is 4.98 Å². The highest BCUT2D eigenvalue weighted by atomic mass is 16.4. The minimum absolute atomic E-state index is 0.394. The minimum atomic E-state index is -1.03. The maximum Gasteiger partial charge on any atom is 0.108 e. The molecule has 0 spiro atoms. The normalized spacial score (nSPS) is 30.4. The lowest BCUT2D eigenvalue weighted by Crippen LogP contribution is -2.55. The largest absolute Gasteiger partial charge is 0.389 e. The van der Waals surface area contributed by atoms with Crippen molar-refractivity contribution in [2.24, 2.45) is 0 Å². The van der Waals surface area contributed by atoms with Crippen LogP contribution in [0.25, 0.3) is 0 Å². The van der Waals surface area contributed by atoms with Crippen LogP contribution in [-0.2, 0) is 6.42 Å². The van der Waals surface area contributed by atoms with Crippen LogP contribution in [0.2, 0.25) is 0 Å². The Morgan fingerprint density at radius 1 is 1.18 bits per heavy atom. The predicted molar refractivity (Wildman–Crippen MR) is 62.4 cm³/mol. The second-order valence-electron chi connectivity index (χ2n) is 4.46. The molecule has 2 unspecified atom stereocenters. The Morgan fingerprint density at radius 3 is 2.47 bits per heavy atom. The van der Waals surface area contributed by atoms with Gasteiger partial charge >= 0.3 is 0 Å². The molecule has 1 aromatic rings. The molecule has 2 atom stereocenters. The van der Waals surface area contributed by atoms with E-state index in [9.17, 15) is 15.3 Å². The van der Waals surface area contributed by atoms with E-state index in [0.717, 1.165) is 18.7 Å². The molecule has 1 saturated heterocycles. The van der Waals surface area contributed by atoms with Gasteiger partial charge in [-0.05, 0) is 12.1 Å². The van der Waals surface area contributed by atoms with Crippen molar-refractivity contribution in [2.45, 2.75) is 24.7 Å². The monoisotopic (exact) mass is 238 g/mol. The van der Waals surface area contributed by atoms with Crippen LogP contribution in [0.5, 0.6) is 0 Å². The Kier molecular flexibility index (Phi) is 4.06. The molecule has 17 heavy (non-hydrogen) atoms. The molecule has 5 nitrogen and oxygen atoms in total. The fourth-order valence-electron chi connectivity index (χ4n) is 2.08. The van der Waals surface area contributed by atoms with Gasteiger partial charge < -0.3 is 15.3 Å². The highest BCUT2D eigenvalue weighted by Gasteiger charge is 2.32. The van der Waals surface area contributed by atoms with Gasteiger partial charge in [-0.2, -0.15) is 0 Å². The molecular weight excluding hydrogens is 220 g/mol. The highest BCUT2D eigenvalue weighted by Crippen LogP contribution is 2.12. The molecule has 2 heterocycles. The third-order valence-corrected chi connectivity index (χ3v) is 3.09. The summed E-state index contributed by atoms with van der Waals surface area (Å²) in [7, 11) is 0. The summed E-state index contributed by atoms with van der Waals surface area (Å²) in [5, 5.41) is 28.5. The van der Waals surface area contributed by atoms with Gasteiger partial charge in [0.05, 0.1) is 12.2 Å². The summed E-state index contributed by atoms with van der Waals surface area (Å²) in [4.78, 5) is 6.16. The van der Waals surface area contributed by atoms with Gasteiger partial charge in [0.15, 0.2) is 0 Å². The number of β-amino-alcohol motifs (C(OH)–C–C–N with tert-alkyl or cyclic N) is 2. The Labute approximate surface area is 100 Å². The van der Waals surface area contributed by atoms with Gasteiger partial charge in [0.2, 0.25) is 0 Å². The Bertz CT molecular complexity index is 335. The summed E-state index contributed by atoms with van der Waals surface area (Å²) < 4.78 is 0. The summed E-state index contributed by atoms with van der Waals surface area (Å²) >= 11 is 0. The average Bonchev–Trinajstić information content (AvgIpc) is 2.34. The molecule has 0 amide bonds. The van der Waals surface area contributed by atoms with Gasteiger partial charge in [0, 0.05) is 37.9 Å². The topological polar surface area (TPSA) is 76.8 Å². The van der Waals surface area contributed by atoms with Crippen molar-refractivity contribution in [2.75, 3.05) is 19.6 Å². The third-order valence-electron chi connectivity index (χ3n) is 3.09. The summed E-state index contributed by atoms with van der Waals surface area (Å²) in [6, 6.07) is 5.76. The molecule has 2 rings (SSSR count). The molecule has 0 aliphatic carbocycles. The molecule has 1 fully saturated rings. The minimum Gasteiger partial charge on any atom is -0.389 e. The second-order valence-corrected chi connectivity index (χ2v) is 4.46. The summed E-state index contributed by atoms with van der Waals surface area (Å²) in [5.41, 5.74) is 0.989. The molecular formula is C12H18N2O3. The van der Waals surface area contributed by atoms with Crippen LogP contribution in [0.3, 0.4) is 0 Å². The van der Waals surface area contributed by atoms with Crippen LogP contribution in [0.4, 0.5) is 0 Å². The fraction of sp³-hybridized carbons (Fsp3) is 0.583. The SMILES string of the molecule is OC1CN(CCc2ccccn2)CC(O)C1O. The van der Waals surface area contributed by atoms with E-state index in [0.29, 0.717) is 13.1 Å². The maximum atomic E-state index is 9.55. The molecule has 1 aliphatic rings. The first-order valence-corrected chi connectivity index (χ1v) is 5.83. The Morgan fingerprint density at radius 2 is 1.88 bits per heavy atom. The van der Waals surface area contributed by atoms with Crippen LogP contribution in [0.15, 0.2) is 24.4 Å². The van der Waals surface area contributed by atoms with Gasteiger partial charge in [-0.25, -0.2) is 0 Å². The van der Waals surface area contributed by atoms with Crippen molar-refractivity contribution in [1.82, 2.24) is 9.88 Å². The quantitative estimate of drug-likeness (QED) is 0.631. The van der Waals surface area contributed by atoms with Gasteiger partial charge in [0.25, 0.3) is 0 Å². The number of likely N-dealkylation sites (tertiary alicyclic amines) is 1. The molecule has 1 aliphatic heterocycles. The number of hydrogen-bond donors (Lipinski definition) is 3. The lowest BCUT2D eigenvalue weighted by molar-refractivity contribution is -0.109. The first kappa shape index (κ1) is 12.4. The van der Waals surface area contributed by atoms with Crippen LogP contribution in [0.1, 0.15) is 5.69 Å². The number of aliphatic hydroxyl groups excluding tert-OH is 3. The van der Waals surface area contributed by atoms with E-state index in [1.54, 1.807) is 6.20 Å². The standard InChI is InChI=1S/C12H18N2O3/c15-10-7-14(8-11(16)12(10)17)6-4-9-3-1-2-5-13-9/h1-3,5,10-12,15-17H,4,6-8H2. The number of aliphatic hydroxyl groups is 3. The zero-order chi connectivity index (χ0) is 12.3. The van der Waals surface area contributed by atoms with Gasteiger partial charge in [0.1, 0.15) is 6.10 Å². The molecule has 5 heteroatoms. The molecule has 3 N–H and O–H groups in total. The second kappa shape index (κ2) is 5.55. The summed E-state index contributed by atoms with van der Waals surface area (Å²) in [6.45, 7) is 1.51. The smallest absolute Gasteiger partial charge is 0.108 e. The number of hydrogen-bond acceptors (Lipinski definition) is 5. The summed E-state index contributed by atoms with van der Waals surface area (Å²) in [5.74, 6) is 0. The third kappa shape index (κ3) is 3.23. The van der Waals surface area contributed by atoms with Crippen molar-refractivity contribution in [3.05, 3.63) is 30.1 Å². The number of rotatable bonds is 3. The van der Waals surface area contributed by atoms with E-state index >= 15 is 0 Å². The molecule has 94 valence electrons. The van der Waals surface area contributed by atoms with Gasteiger partial charge in [-0.1, -0.05) is 6.07 Å². The molecule has 0 radical (unpaired) electrons. The average molecular weight is 238 g/mol. The van der Waals surface area contributed by atoms with E-state index in [1.165, 1.54) is 0 Å². The van der Waals surface area contributed by atoms with Crippen molar-refractivity contribution in [3.8, 4) is 0 Å². The van der Waals surface area contributed by atoms with E-state index in [1.807, 2.05) is 23.1 Å². The lowest BCUT2D eigenvalue weighted by atomic mass is 10.0. The van der Waals surface area contributed by atoms with E-state index in [4.69, 9.17) is 0 Å². The molecule has 0 bridgehead atoms. The predicted octanol–water partition coefficient (Wildman–Crippen LogP) is -0.978. The van der Waals surface area contributed by atoms with Crippen molar-refractivity contribution >= 4 is 0 Å². The lowest BCUT2D eigenvalue weighted by Gasteiger charge is -2.36. The molecule has 1 aromatic heterocycles. The number of aromatic nitrogens is 1. The first-order chi connectivity index (χ1) is 8.16. The first-order valence-electron chi connectivity index (χ1n) is 5.83. The fourth-order valence-corrected chi connectivity index (χ4v) is 2.08. The number of nitrogens with zero attached hydrogens (tertiary/aromatic N) is 2.